The minimum absolute atomic E-state index is 0.244. The lowest BCUT2D eigenvalue weighted by Crippen LogP contribution is -2.27. The summed E-state index contributed by atoms with van der Waals surface area (Å²) < 4.78 is 2.46. The van der Waals surface area contributed by atoms with E-state index in [0.29, 0.717) is 25.4 Å². The molecule has 0 aliphatic heterocycles. The number of nitrogens with zero attached hydrogens (tertiary/aromatic N) is 2. The van der Waals surface area contributed by atoms with Gasteiger partial charge < -0.3 is 9.47 Å². The second kappa shape index (κ2) is 7.72. The molecule has 1 aromatic carbocycles. The molecule has 1 N–H and O–H groups in total. The minimum Gasteiger partial charge on any atom is -0.374 e. The number of imide groups is 1. The van der Waals surface area contributed by atoms with Gasteiger partial charge in [-0.2, -0.15) is 0 Å². The highest BCUT2D eigenvalue weighted by atomic mass is 16.2. The topological polar surface area (TPSA) is 54.3 Å². The Hall–Kier alpha value is -2.30. The second-order valence-electron chi connectivity index (χ2n) is 6.95. The average molecular weight is 341 g/mol. The number of hydrogen-bond acceptors (Lipinski definition) is 3. The van der Waals surface area contributed by atoms with Gasteiger partial charge in [0.15, 0.2) is 0 Å². The Balaban J connectivity index is 1.84. The number of carbonyl (C=O) groups excluding carboxylic acids is 2. The van der Waals surface area contributed by atoms with Crippen molar-refractivity contribution in [3.63, 3.8) is 0 Å². The number of anilines is 1. The van der Waals surface area contributed by atoms with E-state index in [-0.39, 0.29) is 5.91 Å². The predicted molar refractivity (Wildman–Crippen MR) is 101 cm³/mol. The molecule has 0 radical (unpaired) electrons. The summed E-state index contributed by atoms with van der Waals surface area (Å²) in [4.78, 5) is 23.9. The van der Waals surface area contributed by atoms with Crippen LogP contribution in [0.15, 0.2) is 24.4 Å². The predicted octanol–water partition coefficient (Wildman–Crippen LogP) is 3.42. The number of fused-ring (bicyclic) bond motifs is 1. The molecule has 2 amide bonds. The molecule has 0 spiro atoms. The smallest absolute Gasteiger partial charge is 0.228 e. The van der Waals surface area contributed by atoms with Gasteiger partial charge in [-0.15, -0.1) is 0 Å². The summed E-state index contributed by atoms with van der Waals surface area (Å²) in [6.07, 6.45) is 9.20. The van der Waals surface area contributed by atoms with Crippen molar-refractivity contribution in [3.8, 4) is 0 Å². The monoisotopic (exact) mass is 341 g/mol. The van der Waals surface area contributed by atoms with Crippen molar-refractivity contribution in [1.82, 2.24) is 9.88 Å². The zero-order valence-electron chi connectivity index (χ0n) is 15.1. The van der Waals surface area contributed by atoms with Gasteiger partial charge >= 0.3 is 0 Å². The largest absolute Gasteiger partial charge is 0.374 e. The number of aryl methyl sites for hydroxylation is 1. The third-order valence-corrected chi connectivity index (χ3v) is 5.22. The Morgan fingerprint density at radius 2 is 2.20 bits per heavy atom. The van der Waals surface area contributed by atoms with Crippen molar-refractivity contribution in [2.75, 3.05) is 18.5 Å². The number of benzene rings is 1. The van der Waals surface area contributed by atoms with Crippen LogP contribution in [-0.4, -0.2) is 30.5 Å². The van der Waals surface area contributed by atoms with E-state index in [9.17, 15) is 9.59 Å². The maximum atomic E-state index is 11.5. The molecule has 134 valence electrons. The summed E-state index contributed by atoms with van der Waals surface area (Å²) in [5, 5.41) is 3.54. The Bertz CT molecular complexity index is 762. The summed E-state index contributed by atoms with van der Waals surface area (Å²) in [6.45, 7) is 2.80. The Labute approximate surface area is 149 Å². The molecule has 0 unspecified atom stereocenters. The van der Waals surface area contributed by atoms with Crippen molar-refractivity contribution >= 4 is 28.9 Å². The third kappa shape index (κ3) is 3.70. The lowest BCUT2D eigenvalue weighted by molar-refractivity contribution is -0.125. The summed E-state index contributed by atoms with van der Waals surface area (Å²) in [7, 11) is 1.99. The lowest BCUT2D eigenvalue weighted by Gasteiger charge is -2.28. The van der Waals surface area contributed by atoms with E-state index in [0.717, 1.165) is 18.5 Å². The van der Waals surface area contributed by atoms with Gasteiger partial charge in [0, 0.05) is 43.3 Å². The van der Waals surface area contributed by atoms with Gasteiger partial charge in [0.05, 0.1) is 5.52 Å². The highest BCUT2D eigenvalue weighted by Gasteiger charge is 2.22. The van der Waals surface area contributed by atoms with Crippen molar-refractivity contribution in [3.05, 3.63) is 30.0 Å². The molecule has 1 aliphatic carbocycles. The number of amides is 2. The number of hydrogen-bond donors (Lipinski definition) is 1. The Morgan fingerprint density at radius 3 is 2.84 bits per heavy atom. The molecule has 1 saturated carbocycles. The normalized spacial score (nSPS) is 14.3. The number of aromatic nitrogens is 1. The van der Waals surface area contributed by atoms with E-state index in [1.807, 2.05) is 7.05 Å². The van der Waals surface area contributed by atoms with E-state index in [1.54, 1.807) is 0 Å². The van der Waals surface area contributed by atoms with Crippen LogP contribution < -0.4 is 10.2 Å². The SMILES string of the molecule is CCCc1cn(C2CCC2)c2cc(N(C)CCC(=O)NC=O)ccc12. The molecule has 0 atom stereocenters. The summed E-state index contributed by atoms with van der Waals surface area (Å²) in [5.74, 6) is -0.244. The van der Waals surface area contributed by atoms with Gasteiger partial charge in [-0.3, -0.25) is 14.9 Å². The first kappa shape index (κ1) is 17.5. The van der Waals surface area contributed by atoms with Crippen molar-refractivity contribution < 1.29 is 9.59 Å². The first-order valence-corrected chi connectivity index (χ1v) is 9.21. The highest BCUT2D eigenvalue weighted by molar-refractivity contribution is 5.88. The molecule has 1 aromatic heterocycles. The van der Waals surface area contributed by atoms with Crippen molar-refractivity contribution in [2.45, 2.75) is 51.5 Å². The molecular weight excluding hydrogens is 314 g/mol. The number of nitrogens with one attached hydrogen (secondary N) is 1. The standard InChI is InChI=1S/C20H27N3O2/c1-3-5-15-13-23(16-6-4-7-16)19-12-17(8-9-18(15)19)22(2)11-10-20(25)21-14-24/h8-9,12-14,16H,3-7,10-11H2,1-2H3,(H,21,24,25). The van der Waals surface area contributed by atoms with Crippen LogP contribution in [0.1, 0.15) is 50.6 Å². The summed E-state index contributed by atoms with van der Waals surface area (Å²) in [6, 6.07) is 7.22. The van der Waals surface area contributed by atoms with Gasteiger partial charge in [-0.05, 0) is 43.4 Å². The fourth-order valence-corrected chi connectivity index (χ4v) is 3.52. The van der Waals surface area contributed by atoms with E-state index >= 15 is 0 Å². The van der Waals surface area contributed by atoms with E-state index in [2.05, 4.69) is 46.1 Å². The average Bonchev–Trinajstić information content (AvgIpc) is 2.89. The van der Waals surface area contributed by atoms with E-state index in [4.69, 9.17) is 0 Å². The van der Waals surface area contributed by atoms with Gasteiger partial charge in [0.1, 0.15) is 0 Å². The number of carbonyl (C=O) groups is 2. The highest BCUT2D eigenvalue weighted by Crippen LogP contribution is 2.37. The van der Waals surface area contributed by atoms with Gasteiger partial charge in [-0.25, -0.2) is 0 Å². The zero-order chi connectivity index (χ0) is 17.8. The molecule has 0 saturated heterocycles. The van der Waals surface area contributed by atoms with Crippen LogP contribution in [-0.2, 0) is 16.0 Å². The third-order valence-electron chi connectivity index (χ3n) is 5.22. The van der Waals surface area contributed by atoms with Gasteiger partial charge in [0.25, 0.3) is 0 Å². The minimum atomic E-state index is -0.244. The van der Waals surface area contributed by atoms with Crippen LogP contribution in [0.25, 0.3) is 10.9 Å². The molecule has 1 aliphatic rings. The molecule has 5 nitrogen and oxygen atoms in total. The van der Waals surface area contributed by atoms with E-state index in [1.165, 1.54) is 35.7 Å². The molecule has 25 heavy (non-hydrogen) atoms. The second-order valence-corrected chi connectivity index (χ2v) is 6.95. The molecule has 1 fully saturated rings. The van der Waals surface area contributed by atoms with Crippen LogP contribution in [0.2, 0.25) is 0 Å². The Morgan fingerprint density at radius 1 is 1.40 bits per heavy atom. The maximum Gasteiger partial charge on any atom is 0.228 e. The summed E-state index contributed by atoms with van der Waals surface area (Å²) >= 11 is 0. The van der Waals surface area contributed by atoms with Crippen molar-refractivity contribution in [2.24, 2.45) is 0 Å². The molecule has 0 bridgehead atoms. The molecule has 1 heterocycles. The zero-order valence-corrected chi connectivity index (χ0v) is 15.1. The van der Waals surface area contributed by atoms with Crippen LogP contribution in [0.3, 0.4) is 0 Å². The van der Waals surface area contributed by atoms with Crippen LogP contribution in [0.4, 0.5) is 5.69 Å². The number of rotatable bonds is 8. The lowest BCUT2D eigenvalue weighted by atomic mass is 9.93. The van der Waals surface area contributed by atoms with Gasteiger partial charge in [0.2, 0.25) is 12.3 Å². The fraction of sp³-hybridized carbons (Fsp3) is 0.500. The maximum absolute atomic E-state index is 11.5. The van der Waals surface area contributed by atoms with Crippen LogP contribution >= 0.6 is 0 Å². The van der Waals surface area contributed by atoms with Crippen LogP contribution in [0, 0.1) is 0 Å². The quantitative estimate of drug-likeness (QED) is 0.749. The Kier molecular flexibility index (Phi) is 5.41. The molecular formula is C20H27N3O2. The summed E-state index contributed by atoms with van der Waals surface area (Å²) in [5.41, 5.74) is 3.84. The van der Waals surface area contributed by atoms with E-state index < -0.39 is 0 Å². The van der Waals surface area contributed by atoms with Gasteiger partial charge in [-0.1, -0.05) is 19.4 Å². The van der Waals surface area contributed by atoms with Crippen molar-refractivity contribution in [1.29, 1.82) is 0 Å². The van der Waals surface area contributed by atoms with Crippen LogP contribution in [0.5, 0.6) is 0 Å². The molecule has 3 rings (SSSR count). The first-order chi connectivity index (χ1) is 12.1. The molecule has 2 aromatic rings. The first-order valence-electron chi connectivity index (χ1n) is 9.21. The fourth-order valence-electron chi connectivity index (χ4n) is 3.52. The molecule has 5 heteroatoms.